The summed E-state index contributed by atoms with van der Waals surface area (Å²) in [6.45, 7) is 1.61. The van der Waals surface area contributed by atoms with Gasteiger partial charge in [0.2, 0.25) is 0 Å². The molecule has 0 aliphatic carbocycles. The molecule has 8 heteroatoms. The van der Waals surface area contributed by atoms with E-state index in [2.05, 4.69) is 26.5 Å². The lowest BCUT2D eigenvalue weighted by molar-refractivity contribution is -0.127. The van der Waals surface area contributed by atoms with Crippen LogP contribution in [-0.4, -0.2) is 18.2 Å². The standard InChI is InChI=1S/C14H11BrCl2N2O2S/c1-8(21-12-4-2-9(16)6-11(12)17)14(20)19-18-7-10-3-5-13(15)22-10/h2-8H,1H3,(H,19,20). The van der Waals surface area contributed by atoms with Crippen molar-refractivity contribution in [1.82, 2.24) is 5.43 Å². The summed E-state index contributed by atoms with van der Waals surface area (Å²) in [6.07, 6.45) is 0.820. The molecule has 0 radical (unpaired) electrons. The molecule has 1 aromatic heterocycles. The highest BCUT2D eigenvalue weighted by molar-refractivity contribution is 9.11. The van der Waals surface area contributed by atoms with E-state index >= 15 is 0 Å². The molecule has 0 aliphatic heterocycles. The molecule has 1 unspecified atom stereocenters. The second-order valence-electron chi connectivity index (χ2n) is 4.21. The van der Waals surface area contributed by atoms with Crippen LogP contribution in [0.3, 0.4) is 0 Å². The highest BCUT2D eigenvalue weighted by Gasteiger charge is 2.15. The first-order valence-electron chi connectivity index (χ1n) is 6.15. The topological polar surface area (TPSA) is 50.7 Å². The Balaban J connectivity index is 1.90. The zero-order valence-corrected chi connectivity index (χ0v) is 15.3. The Bertz CT molecular complexity index is 706. The number of carbonyl (C=O) groups is 1. The van der Waals surface area contributed by atoms with E-state index in [1.165, 1.54) is 11.3 Å². The van der Waals surface area contributed by atoms with Gasteiger partial charge in [-0.2, -0.15) is 5.10 Å². The quantitative estimate of drug-likeness (QED) is 0.560. The third-order valence-corrected chi connectivity index (χ3v) is 4.62. The number of rotatable bonds is 5. The van der Waals surface area contributed by atoms with Crippen molar-refractivity contribution in [1.29, 1.82) is 0 Å². The van der Waals surface area contributed by atoms with E-state index in [0.29, 0.717) is 15.8 Å². The van der Waals surface area contributed by atoms with Crippen molar-refractivity contribution in [3.8, 4) is 5.75 Å². The van der Waals surface area contributed by atoms with Crippen molar-refractivity contribution in [2.45, 2.75) is 13.0 Å². The van der Waals surface area contributed by atoms with E-state index in [1.54, 1.807) is 31.3 Å². The number of halogens is 3. The minimum absolute atomic E-state index is 0.346. The first-order valence-corrected chi connectivity index (χ1v) is 8.52. The number of nitrogens with zero attached hydrogens (tertiary/aromatic N) is 1. The number of hydrogen-bond donors (Lipinski definition) is 1. The third kappa shape index (κ3) is 4.98. The number of carbonyl (C=O) groups excluding carboxylic acids is 1. The summed E-state index contributed by atoms with van der Waals surface area (Å²) < 4.78 is 6.48. The van der Waals surface area contributed by atoms with Crippen LogP contribution in [0.1, 0.15) is 11.8 Å². The average molecular weight is 422 g/mol. The summed E-state index contributed by atoms with van der Waals surface area (Å²) in [5, 5.41) is 4.73. The van der Waals surface area contributed by atoms with Gasteiger partial charge < -0.3 is 4.74 Å². The molecule has 1 N–H and O–H groups in total. The van der Waals surface area contributed by atoms with Gasteiger partial charge in [-0.3, -0.25) is 4.79 Å². The normalized spacial score (nSPS) is 12.4. The largest absolute Gasteiger partial charge is 0.479 e. The van der Waals surface area contributed by atoms with Crippen molar-refractivity contribution >= 4 is 62.6 Å². The molecule has 4 nitrogen and oxygen atoms in total. The predicted molar refractivity (Wildman–Crippen MR) is 94.3 cm³/mol. The smallest absolute Gasteiger partial charge is 0.280 e. The van der Waals surface area contributed by atoms with Gasteiger partial charge in [-0.25, -0.2) is 5.43 Å². The van der Waals surface area contributed by atoms with E-state index in [9.17, 15) is 4.79 Å². The second kappa shape index (κ2) is 7.97. The minimum atomic E-state index is -0.745. The zero-order valence-electron chi connectivity index (χ0n) is 11.3. The molecule has 0 fully saturated rings. The van der Waals surface area contributed by atoms with Gasteiger partial charge in [0.05, 0.1) is 15.0 Å². The molecular formula is C14H11BrCl2N2O2S. The van der Waals surface area contributed by atoms with E-state index in [4.69, 9.17) is 27.9 Å². The van der Waals surface area contributed by atoms with Crippen LogP contribution in [0, 0.1) is 0 Å². The van der Waals surface area contributed by atoms with Crippen LogP contribution in [0.25, 0.3) is 0 Å². The average Bonchev–Trinajstić information content (AvgIpc) is 2.87. The van der Waals surface area contributed by atoms with Crippen LogP contribution in [0.5, 0.6) is 5.75 Å². The third-order valence-electron chi connectivity index (χ3n) is 2.53. The highest BCUT2D eigenvalue weighted by Crippen LogP contribution is 2.28. The molecule has 0 saturated heterocycles. The number of benzene rings is 1. The Morgan fingerprint density at radius 2 is 2.18 bits per heavy atom. The zero-order chi connectivity index (χ0) is 16.1. The molecule has 116 valence electrons. The van der Waals surface area contributed by atoms with Crippen LogP contribution in [0.2, 0.25) is 10.0 Å². The predicted octanol–water partition coefficient (Wildman–Crippen LogP) is 4.74. The van der Waals surface area contributed by atoms with Crippen LogP contribution in [-0.2, 0) is 4.79 Å². The Morgan fingerprint density at radius 1 is 1.41 bits per heavy atom. The molecule has 22 heavy (non-hydrogen) atoms. The lowest BCUT2D eigenvalue weighted by atomic mass is 10.3. The molecule has 0 saturated carbocycles. The van der Waals surface area contributed by atoms with E-state index < -0.39 is 6.10 Å². The number of hydrazone groups is 1. The van der Waals surface area contributed by atoms with Gasteiger partial charge in [-0.15, -0.1) is 11.3 Å². The molecule has 1 amide bonds. The number of ether oxygens (including phenoxy) is 1. The van der Waals surface area contributed by atoms with E-state index in [0.717, 1.165) is 8.66 Å². The van der Waals surface area contributed by atoms with E-state index in [1.807, 2.05) is 12.1 Å². The molecule has 1 atom stereocenters. The van der Waals surface area contributed by atoms with Crippen LogP contribution < -0.4 is 10.2 Å². The Morgan fingerprint density at radius 3 is 2.82 bits per heavy atom. The van der Waals surface area contributed by atoms with Gasteiger partial charge in [0.1, 0.15) is 5.75 Å². The van der Waals surface area contributed by atoms with Gasteiger partial charge in [0.15, 0.2) is 6.10 Å². The molecule has 0 aliphatic rings. The van der Waals surface area contributed by atoms with Crippen LogP contribution in [0.4, 0.5) is 0 Å². The Hall–Kier alpha value is -1.08. The monoisotopic (exact) mass is 420 g/mol. The molecule has 2 rings (SSSR count). The number of hydrogen-bond acceptors (Lipinski definition) is 4. The number of nitrogens with one attached hydrogen (secondary N) is 1. The summed E-state index contributed by atoms with van der Waals surface area (Å²) in [5.74, 6) is 0.0118. The lowest BCUT2D eigenvalue weighted by Gasteiger charge is -2.14. The van der Waals surface area contributed by atoms with Crippen molar-refractivity contribution in [3.63, 3.8) is 0 Å². The van der Waals surface area contributed by atoms with Crippen LogP contribution in [0.15, 0.2) is 39.2 Å². The SMILES string of the molecule is CC(Oc1ccc(Cl)cc1Cl)C(=O)NN=Cc1ccc(Br)s1. The maximum Gasteiger partial charge on any atom is 0.280 e. The fraction of sp³-hybridized carbons (Fsp3) is 0.143. The molecule has 2 aromatic rings. The van der Waals surface area contributed by atoms with Gasteiger partial charge in [-0.05, 0) is 53.2 Å². The fourth-order valence-electron chi connectivity index (χ4n) is 1.46. The maximum atomic E-state index is 11.9. The lowest BCUT2D eigenvalue weighted by Crippen LogP contribution is -2.33. The first kappa shape index (κ1) is 17.3. The fourth-order valence-corrected chi connectivity index (χ4v) is 3.21. The first-order chi connectivity index (χ1) is 10.5. The highest BCUT2D eigenvalue weighted by atomic mass is 79.9. The molecule has 0 bridgehead atoms. The van der Waals surface area contributed by atoms with Crippen molar-refractivity contribution < 1.29 is 9.53 Å². The van der Waals surface area contributed by atoms with Gasteiger partial charge in [-0.1, -0.05) is 23.2 Å². The summed E-state index contributed by atoms with van der Waals surface area (Å²) in [6, 6.07) is 8.59. The summed E-state index contributed by atoms with van der Waals surface area (Å²) in [7, 11) is 0. The van der Waals surface area contributed by atoms with Gasteiger partial charge >= 0.3 is 0 Å². The van der Waals surface area contributed by atoms with Crippen molar-refractivity contribution in [3.05, 3.63) is 49.0 Å². The van der Waals surface area contributed by atoms with E-state index in [-0.39, 0.29) is 5.91 Å². The summed E-state index contributed by atoms with van der Waals surface area (Å²) >= 11 is 16.7. The summed E-state index contributed by atoms with van der Waals surface area (Å²) in [5.41, 5.74) is 2.42. The van der Waals surface area contributed by atoms with Crippen LogP contribution >= 0.6 is 50.5 Å². The van der Waals surface area contributed by atoms with Crippen molar-refractivity contribution in [2.75, 3.05) is 0 Å². The Labute approximate surface area is 150 Å². The van der Waals surface area contributed by atoms with Gasteiger partial charge in [0.25, 0.3) is 5.91 Å². The maximum absolute atomic E-state index is 11.9. The Kier molecular flexibility index (Phi) is 6.26. The minimum Gasteiger partial charge on any atom is -0.479 e. The molecule has 1 heterocycles. The van der Waals surface area contributed by atoms with Crippen molar-refractivity contribution in [2.24, 2.45) is 5.10 Å². The number of amides is 1. The molecular weight excluding hydrogens is 411 g/mol. The second-order valence-corrected chi connectivity index (χ2v) is 7.55. The molecule has 1 aromatic carbocycles. The van der Waals surface area contributed by atoms with Gasteiger partial charge in [0, 0.05) is 9.90 Å². The summed E-state index contributed by atoms with van der Waals surface area (Å²) in [4.78, 5) is 12.8. The molecule has 0 spiro atoms. The number of thiophene rings is 1.